The molecule has 1 saturated carbocycles. The number of fused-ring (bicyclic) bond motifs is 1. The van der Waals surface area contributed by atoms with Crippen LogP contribution < -0.4 is 22.1 Å². The van der Waals surface area contributed by atoms with Gasteiger partial charge in [0.05, 0.1) is 11.3 Å². The van der Waals surface area contributed by atoms with Crippen molar-refractivity contribution in [2.45, 2.75) is 37.8 Å². The van der Waals surface area contributed by atoms with Gasteiger partial charge in [-0.15, -0.1) is 0 Å². The molecule has 1 aliphatic carbocycles. The summed E-state index contributed by atoms with van der Waals surface area (Å²) in [4.78, 5) is 20.4. The van der Waals surface area contributed by atoms with Crippen LogP contribution in [0, 0.1) is 5.82 Å². The van der Waals surface area contributed by atoms with Crippen LogP contribution in [0.3, 0.4) is 0 Å². The number of rotatable bonds is 5. The summed E-state index contributed by atoms with van der Waals surface area (Å²) in [6.45, 7) is 0. The van der Waals surface area contributed by atoms with Crippen molar-refractivity contribution >= 4 is 28.9 Å². The van der Waals surface area contributed by atoms with E-state index in [1.54, 1.807) is 18.5 Å². The van der Waals surface area contributed by atoms with Crippen LogP contribution in [0.4, 0.5) is 21.7 Å². The molecular weight excluding hydrogens is 361 g/mol. The van der Waals surface area contributed by atoms with E-state index < -0.39 is 11.7 Å². The van der Waals surface area contributed by atoms with Crippen molar-refractivity contribution in [1.29, 1.82) is 0 Å². The SMILES string of the molecule is NC(=O)c1cc(F)c(NC2CCCCC2N)nc1Nc1cccn2ccnc12. The Balaban J connectivity index is 1.70. The van der Waals surface area contributed by atoms with E-state index in [1.807, 2.05) is 16.7 Å². The Morgan fingerprint density at radius 2 is 2.07 bits per heavy atom. The van der Waals surface area contributed by atoms with E-state index in [1.165, 1.54) is 0 Å². The zero-order chi connectivity index (χ0) is 19.7. The third kappa shape index (κ3) is 3.48. The minimum atomic E-state index is -0.773. The van der Waals surface area contributed by atoms with E-state index >= 15 is 0 Å². The number of halogens is 1. The fraction of sp³-hybridized carbons (Fsp3) is 0.316. The smallest absolute Gasteiger partial charge is 0.252 e. The van der Waals surface area contributed by atoms with Gasteiger partial charge in [0.25, 0.3) is 5.91 Å². The van der Waals surface area contributed by atoms with Crippen molar-refractivity contribution in [3.8, 4) is 0 Å². The maximum atomic E-state index is 14.6. The number of hydrogen-bond donors (Lipinski definition) is 4. The topological polar surface area (TPSA) is 123 Å². The number of aromatic nitrogens is 3. The highest BCUT2D eigenvalue weighted by Gasteiger charge is 2.24. The summed E-state index contributed by atoms with van der Waals surface area (Å²) in [6.07, 6.45) is 9.12. The van der Waals surface area contributed by atoms with Crippen molar-refractivity contribution in [3.63, 3.8) is 0 Å². The molecule has 1 aliphatic rings. The number of imidazole rings is 1. The first-order chi connectivity index (χ1) is 13.5. The molecule has 2 atom stereocenters. The highest BCUT2D eigenvalue weighted by molar-refractivity contribution is 5.99. The highest BCUT2D eigenvalue weighted by atomic mass is 19.1. The Labute approximate surface area is 161 Å². The fourth-order valence-electron chi connectivity index (χ4n) is 3.56. The minimum Gasteiger partial charge on any atom is -0.365 e. The molecule has 2 unspecified atom stereocenters. The summed E-state index contributed by atoms with van der Waals surface area (Å²) < 4.78 is 16.4. The minimum absolute atomic E-state index is 0.0375. The Morgan fingerprint density at radius 1 is 1.25 bits per heavy atom. The Hall–Kier alpha value is -3.20. The molecule has 28 heavy (non-hydrogen) atoms. The predicted molar refractivity (Wildman–Crippen MR) is 105 cm³/mol. The third-order valence-corrected chi connectivity index (χ3v) is 5.06. The van der Waals surface area contributed by atoms with Gasteiger partial charge >= 0.3 is 0 Å². The van der Waals surface area contributed by atoms with E-state index in [-0.39, 0.29) is 29.3 Å². The zero-order valence-electron chi connectivity index (χ0n) is 15.2. The molecule has 0 radical (unpaired) electrons. The molecule has 146 valence electrons. The van der Waals surface area contributed by atoms with Gasteiger partial charge in [0.2, 0.25) is 0 Å². The molecule has 1 amide bonds. The summed E-state index contributed by atoms with van der Waals surface area (Å²) >= 11 is 0. The van der Waals surface area contributed by atoms with Crippen LogP contribution in [0.15, 0.2) is 36.8 Å². The number of anilines is 3. The van der Waals surface area contributed by atoms with Crippen LogP contribution in [0.1, 0.15) is 36.0 Å². The molecule has 3 heterocycles. The van der Waals surface area contributed by atoms with Gasteiger partial charge in [-0.1, -0.05) is 12.8 Å². The summed E-state index contributed by atoms with van der Waals surface area (Å²) in [7, 11) is 0. The quantitative estimate of drug-likeness (QED) is 0.536. The first kappa shape index (κ1) is 18.2. The first-order valence-corrected chi connectivity index (χ1v) is 9.24. The van der Waals surface area contributed by atoms with E-state index in [4.69, 9.17) is 11.5 Å². The third-order valence-electron chi connectivity index (χ3n) is 5.06. The lowest BCUT2D eigenvalue weighted by Gasteiger charge is -2.30. The van der Waals surface area contributed by atoms with Crippen LogP contribution >= 0.6 is 0 Å². The molecule has 0 saturated heterocycles. The normalized spacial score (nSPS) is 19.5. The van der Waals surface area contributed by atoms with Crippen molar-refractivity contribution in [2.24, 2.45) is 11.5 Å². The molecule has 9 heteroatoms. The molecule has 0 aliphatic heterocycles. The average molecular weight is 383 g/mol. The highest BCUT2D eigenvalue weighted by Crippen LogP contribution is 2.27. The molecule has 0 aromatic carbocycles. The second-order valence-electron chi connectivity index (χ2n) is 6.98. The molecule has 4 rings (SSSR count). The number of nitrogens with two attached hydrogens (primary N) is 2. The number of primary amides is 1. The van der Waals surface area contributed by atoms with Gasteiger partial charge in [-0.3, -0.25) is 4.79 Å². The Kier molecular flexibility index (Phi) is 4.82. The molecule has 3 aromatic rings. The average Bonchev–Trinajstić information content (AvgIpc) is 3.15. The van der Waals surface area contributed by atoms with Crippen LogP contribution in [-0.4, -0.2) is 32.4 Å². The van der Waals surface area contributed by atoms with Crippen LogP contribution in [-0.2, 0) is 0 Å². The van der Waals surface area contributed by atoms with E-state index in [9.17, 15) is 9.18 Å². The van der Waals surface area contributed by atoms with Gasteiger partial charge in [-0.05, 0) is 31.0 Å². The lowest BCUT2D eigenvalue weighted by Crippen LogP contribution is -2.43. The molecule has 3 aromatic heterocycles. The summed E-state index contributed by atoms with van der Waals surface area (Å²) in [5.41, 5.74) is 12.8. The predicted octanol–water partition coefficient (Wildman–Crippen LogP) is 2.39. The molecular formula is C19H22FN7O. The van der Waals surface area contributed by atoms with Gasteiger partial charge in [0.1, 0.15) is 5.82 Å². The molecule has 1 fully saturated rings. The van der Waals surface area contributed by atoms with E-state index in [2.05, 4.69) is 20.6 Å². The Bertz CT molecular complexity index is 1020. The summed E-state index contributed by atoms with van der Waals surface area (Å²) in [5.74, 6) is -1.21. The standard InChI is InChI=1S/C19H22FN7O/c20-12-10-11(16(22)28)17(25-15-6-3-8-27-9-7-23-19(15)27)26-18(12)24-14-5-2-1-4-13(14)21/h3,6-10,13-14H,1-2,4-5,21H2,(H2,22,28)(H2,24,25,26). The monoisotopic (exact) mass is 383 g/mol. The van der Waals surface area contributed by atoms with Crippen LogP contribution in [0.5, 0.6) is 0 Å². The van der Waals surface area contributed by atoms with Gasteiger partial charge < -0.3 is 26.5 Å². The van der Waals surface area contributed by atoms with Gasteiger partial charge in [0.15, 0.2) is 17.3 Å². The molecule has 0 spiro atoms. The van der Waals surface area contributed by atoms with Crippen molar-refractivity contribution < 1.29 is 9.18 Å². The van der Waals surface area contributed by atoms with Crippen molar-refractivity contribution in [3.05, 3.63) is 48.2 Å². The number of carbonyl (C=O) groups is 1. The zero-order valence-corrected chi connectivity index (χ0v) is 15.2. The maximum absolute atomic E-state index is 14.6. The number of amides is 1. The van der Waals surface area contributed by atoms with Gasteiger partial charge in [-0.2, -0.15) is 0 Å². The maximum Gasteiger partial charge on any atom is 0.252 e. The van der Waals surface area contributed by atoms with Gasteiger partial charge in [-0.25, -0.2) is 14.4 Å². The van der Waals surface area contributed by atoms with Crippen LogP contribution in [0.2, 0.25) is 0 Å². The van der Waals surface area contributed by atoms with Crippen molar-refractivity contribution in [2.75, 3.05) is 10.6 Å². The van der Waals surface area contributed by atoms with E-state index in [0.29, 0.717) is 11.3 Å². The lowest BCUT2D eigenvalue weighted by molar-refractivity contribution is 0.100. The number of pyridine rings is 2. The first-order valence-electron chi connectivity index (χ1n) is 9.24. The number of hydrogen-bond acceptors (Lipinski definition) is 6. The number of nitrogens with one attached hydrogen (secondary N) is 2. The Morgan fingerprint density at radius 3 is 2.86 bits per heavy atom. The molecule has 8 nitrogen and oxygen atoms in total. The second-order valence-corrected chi connectivity index (χ2v) is 6.98. The van der Waals surface area contributed by atoms with E-state index in [0.717, 1.165) is 31.7 Å². The fourth-order valence-corrected chi connectivity index (χ4v) is 3.56. The number of carbonyl (C=O) groups excluding carboxylic acids is 1. The molecule has 6 N–H and O–H groups in total. The van der Waals surface area contributed by atoms with Gasteiger partial charge in [0, 0.05) is 30.7 Å². The number of nitrogens with zero attached hydrogens (tertiary/aromatic N) is 3. The molecule has 0 bridgehead atoms. The summed E-state index contributed by atoms with van der Waals surface area (Å²) in [5, 5.41) is 6.17. The second kappa shape index (κ2) is 7.43. The summed E-state index contributed by atoms with van der Waals surface area (Å²) in [6, 6.07) is 4.58. The van der Waals surface area contributed by atoms with Crippen molar-refractivity contribution in [1.82, 2.24) is 14.4 Å². The van der Waals surface area contributed by atoms with Crippen LogP contribution in [0.25, 0.3) is 5.65 Å². The largest absolute Gasteiger partial charge is 0.365 e. The lowest BCUT2D eigenvalue weighted by atomic mass is 9.91.